The van der Waals surface area contributed by atoms with Gasteiger partial charge in [0.05, 0.1) is 5.69 Å². The summed E-state index contributed by atoms with van der Waals surface area (Å²) in [7, 11) is 0. The summed E-state index contributed by atoms with van der Waals surface area (Å²) >= 11 is 0. The maximum atomic E-state index is 5.86. The molecule has 0 fully saturated rings. The Morgan fingerprint density at radius 1 is 1.27 bits per heavy atom. The minimum absolute atomic E-state index is 0.505. The Balaban J connectivity index is 2.39. The van der Waals surface area contributed by atoms with Gasteiger partial charge in [0, 0.05) is 12.4 Å². The second-order valence-electron chi connectivity index (χ2n) is 3.24. The van der Waals surface area contributed by atoms with Crippen LogP contribution in [-0.4, -0.2) is 19.6 Å². The third-order valence-electron chi connectivity index (χ3n) is 2.31. The number of nitrogens with two attached hydrogens (primary N) is 1. The van der Waals surface area contributed by atoms with Gasteiger partial charge in [-0.15, -0.1) is 0 Å². The van der Waals surface area contributed by atoms with Crippen molar-refractivity contribution in [2.24, 2.45) is 0 Å². The van der Waals surface area contributed by atoms with Gasteiger partial charge >= 0.3 is 0 Å². The number of hydrogen-bond donors (Lipinski definition) is 2. The molecule has 5 heteroatoms. The number of nitrogens with one attached hydrogen (secondary N) is 1. The van der Waals surface area contributed by atoms with E-state index in [9.17, 15) is 0 Å². The highest BCUT2D eigenvalue weighted by atomic mass is 15.1. The van der Waals surface area contributed by atoms with Crippen LogP contribution in [0.1, 0.15) is 0 Å². The smallest absolute Gasteiger partial charge is 0.152 e. The third-order valence-corrected chi connectivity index (χ3v) is 2.31. The van der Waals surface area contributed by atoms with Crippen molar-refractivity contribution in [3.8, 4) is 11.4 Å². The molecule has 0 spiro atoms. The second-order valence-corrected chi connectivity index (χ2v) is 3.24. The van der Waals surface area contributed by atoms with E-state index in [0.717, 1.165) is 17.0 Å². The predicted octanol–water partition coefficient (Wildman–Crippen LogP) is 1.31. The average molecular weight is 199 g/mol. The van der Waals surface area contributed by atoms with E-state index in [1.807, 2.05) is 34.9 Å². The van der Waals surface area contributed by atoms with Crippen LogP contribution >= 0.6 is 0 Å². The predicted molar refractivity (Wildman–Crippen MR) is 57.2 cm³/mol. The minimum atomic E-state index is 0.505. The van der Waals surface area contributed by atoms with Crippen LogP contribution in [0.5, 0.6) is 0 Å². The Morgan fingerprint density at radius 3 is 3.00 bits per heavy atom. The number of nitrogens with zero attached hydrogens (tertiary/aromatic N) is 3. The van der Waals surface area contributed by atoms with Gasteiger partial charge in [0.15, 0.2) is 5.82 Å². The van der Waals surface area contributed by atoms with Crippen LogP contribution in [0.3, 0.4) is 0 Å². The number of aromatic amines is 1. The first-order valence-corrected chi connectivity index (χ1v) is 4.58. The van der Waals surface area contributed by atoms with Crippen LogP contribution in [0.15, 0.2) is 36.7 Å². The van der Waals surface area contributed by atoms with E-state index in [2.05, 4.69) is 15.2 Å². The van der Waals surface area contributed by atoms with Gasteiger partial charge in [-0.3, -0.25) is 9.50 Å². The van der Waals surface area contributed by atoms with Crippen LogP contribution < -0.4 is 5.73 Å². The number of pyridine rings is 1. The van der Waals surface area contributed by atoms with Crippen molar-refractivity contribution in [1.82, 2.24) is 19.6 Å². The Morgan fingerprint density at radius 2 is 2.20 bits per heavy atom. The average Bonchev–Trinajstić information content (AvgIpc) is 2.82. The molecule has 0 aliphatic carbocycles. The molecule has 15 heavy (non-hydrogen) atoms. The summed E-state index contributed by atoms with van der Waals surface area (Å²) in [6.07, 6.45) is 3.62. The molecule has 74 valence electrons. The molecule has 5 nitrogen and oxygen atoms in total. The van der Waals surface area contributed by atoms with E-state index in [0.29, 0.717) is 5.82 Å². The fourth-order valence-corrected chi connectivity index (χ4v) is 1.67. The van der Waals surface area contributed by atoms with Gasteiger partial charge in [0.25, 0.3) is 0 Å². The summed E-state index contributed by atoms with van der Waals surface area (Å²) in [5, 5.41) is 6.79. The third kappa shape index (κ3) is 1.10. The fourth-order valence-electron chi connectivity index (χ4n) is 1.67. The van der Waals surface area contributed by atoms with E-state index in [1.165, 1.54) is 0 Å². The largest absolute Gasteiger partial charge is 0.382 e. The van der Waals surface area contributed by atoms with Crippen LogP contribution in [0.4, 0.5) is 5.82 Å². The second kappa shape index (κ2) is 2.84. The topological polar surface area (TPSA) is 72.0 Å². The Bertz CT molecular complexity index is 593. The molecule has 0 amide bonds. The molecule has 0 saturated carbocycles. The maximum Gasteiger partial charge on any atom is 0.152 e. The fraction of sp³-hybridized carbons (Fsp3) is 0. The normalized spacial score (nSPS) is 10.9. The van der Waals surface area contributed by atoms with Crippen molar-refractivity contribution in [3.05, 3.63) is 36.7 Å². The SMILES string of the molecule is Nc1nc2ccccn2c1-c1ccn[nH]1. The molecule has 0 aromatic carbocycles. The number of nitrogen functional groups attached to an aromatic ring is 1. The molecule has 3 aromatic rings. The van der Waals surface area contributed by atoms with E-state index in [4.69, 9.17) is 5.73 Å². The molecular formula is C10H9N5. The lowest BCUT2D eigenvalue weighted by Crippen LogP contribution is -1.91. The van der Waals surface area contributed by atoms with Crippen LogP contribution in [0.25, 0.3) is 17.0 Å². The molecule has 0 saturated heterocycles. The maximum absolute atomic E-state index is 5.86. The monoisotopic (exact) mass is 199 g/mol. The van der Waals surface area contributed by atoms with Gasteiger partial charge in [-0.25, -0.2) is 4.98 Å². The Kier molecular flexibility index (Phi) is 1.53. The summed E-state index contributed by atoms with van der Waals surface area (Å²) in [6.45, 7) is 0. The highest BCUT2D eigenvalue weighted by Crippen LogP contribution is 2.24. The summed E-state index contributed by atoms with van der Waals surface area (Å²) in [4.78, 5) is 4.26. The van der Waals surface area contributed by atoms with Crippen LogP contribution in [0, 0.1) is 0 Å². The van der Waals surface area contributed by atoms with Gasteiger partial charge < -0.3 is 5.73 Å². The minimum Gasteiger partial charge on any atom is -0.382 e. The summed E-state index contributed by atoms with van der Waals surface area (Å²) in [6, 6.07) is 7.65. The lowest BCUT2D eigenvalue weighted by atomic mass is 10.3. The van der Waals surface area contributed by atoms with Crippen molar-refractivity contribution in [2.75, 3.05) is 5.73 Å². The quantitative estimate of drug-likeness (QED) is 0.620. The molecular weight excluding hydrogens is 190 g/mol. The zero-order chi connectivity index (χ0) is 10.3. The number of H-pyrrole nitrogens is 1. The summed E-state index contributed by atoms with van der Waals surface area (Å²) in [5.74, 6) is 0.505. The Hall–Kier alpha value is -2.30. The van der Waals surface area contributed by atoms with E-state index in [1.54, 1.807) is 6.20 Å². The molecule has 0 bridgehead atoms. The number of anilines is 1. The molecule has 3 rings (SSSR count). The highest BCUT2D eigenvalue weighted by Gasteiger charge is 2.11. The van der Waals surface area contributed by atoms with E-state index >= 15 is 0 Å². The van der Waals surface area contributed by atoms with Crippen molar-refractivity contribution in [2.45, 2.75) is 0 Å². The van der Waals surface area contributed by atoms with Gasteiger partial charge in [-0.1, -0.05) is 6.07 Å². The van der Waals surface area contributed by atoms with Gasteiger partial charge in [0.1, 0.15) is 11.3 Å². The lowest BCUT2D eigenvalue weighted by Gasteiger charge is -1.98. The van der Waals surface area contributed by atoms with Crippen molar-refractivity contribution < 1.29 is 0 Å². The van der Waals surface area contributed by atoms with E-state index < -0.39 is 0 Å². The number of hydrogen-bond acceptors (Lipinski definition) is 3. The van der Waals surface area contributed by atoms with Crippen molar-refractivity contribution >= 4 is 11.5 Å². The molecule has 0 radical (unpaired) electrons. The highest BCUT2D eigenvalue weighted by molar-refractivity contribution is 5.72. The molecule has 3 N–H and O–H groups in total. The molecule has 3 heterocycles. The zero-order valence-corrected chi connectivity index (χ0v) is 7.88. The molecule has 0 aliphatic heterocycles. The first-order chi connectivity index (χ1) is 7.36. The van der Waals surface area contributed by atoms with Crippen molar-refractivity contribution in [1.29, 1.82) is 0 Å². The van der Waals surface area contributed by atoms with Crippen LogP contribution in [0.2, 0.25) is 0 Å². The molecule has 0 atom stereocenters. The van der Waals surface area contributed by atoms with Crippen molar-refractivity contribution in [3.63, 3.8) is 0 Å². The lowest BCUT2D eigenvalue weighted by molar-refractivity contribution is 1.08. The first-order valence-electron chi connectivity index (χ1n) is 4.58. The Labute approximate surface area is 85.6 Å². The molecule has 3 aromatic heterocycles. The number of fused-ring (bicyclic) bond motifs is 1. The van der Waals surface area contributed by atoms with Crippen LogP contribution in [-0.2, 0) is 0 Å². The van der Waals surface area contributed by atoms with Gasteiger partial charge in [-0.2, -0.15) is 5.10 Å². The zero-order valence-electron chi connectivity index (χ0n) is 7.88. The summed E-state index contributed by atoms with van der Waals surface area (Å²) < 4.78 is 1.93. The number of aromatic nitrogens is 4. The molecule has 0 unspecified atom stereocenters. The number of rotatable bonds is 1. The van der Waals surface area contributed by atoms with E-state index in [-0.39, 0.29) is 0 Å². The first kappa shape index (κ1) is 8.05. The van der Waals surface area contributed by atoms with Gasteiger partial charge in [0.2, 0.25) is 0 Å². The van der Waals surface area contributed by atoms with Gasteiger partial charge in [-0.05, 0) is 18.2 Å². The number of imidazole rings is 1. The standard InChI is InChI=1S/C10H9N5/c11-10-9(7-4-5-12-14-7)15-6-2-1-3-8(15)13-10/h1-6H,11H2,(H,12,14). The summed E-state index contributed by atoms with van der Waals surface area (Å²) in [5.41, 5.74) is 8.41. The molecule has 0 aliphatic rings.